The lowest BCUT2D eigenvalue weighted by atomic mass is 10.0. The number of amides is 1. The Morgan fingerprint density at radius 1 is 1.18 bits per heavy atom. The van der Waals surface area contributed by atoms with Crippen molar-refractivity contribution in [1.82, 2.24) is 0 Å². The van der Waals surface area contributed by atoms with E-state index in [4.69, 9.17) is 16.3 Å². The number of hydrogen-bond acceptors (Lipinski definition) is 2. The number of anilines is 1. The highest BCUT2D eigenvalue weighted by Gasteiger charge is 2.06. The van der Waals surface area contributed by atoms with Crippen LogP contribution in [0, 0.1) is 6.92 Å². The van der Waals surface area contributed by atoms with Crippen LogP contribution in [0.4, 0.5) is 5.69 Å². The Morgan fingerprint density at radius 3 is 2.45 bits per heavy atom. The molecular formula is C18H20ClNO2. The lowest BCUT2D eigenvalue weighted by Gasteiger charge is -2.10. The number of carbonyl (C=O) groups excluding carboxylic acids is 1. The van der Waals surface area contributed by atoms with Crippen molar-refractivity contribution in [1.29, 1.82) is 0 Å². The predicted octanol–water partition coefficient (Wildman–Crippen LogP) is 4.79. The summed E-state index contributed by atoms with van der Waals surface area (Å²) in [6, 6.07) is 13.2. The second kappa shape index (κ2) is 7.32. The number of carbonyl (C=O) groups is 1. The number of hydrogen-bond donors (Lipinski definition) is 1. The fourth-order valence-electron chi connectivity index (χ4n) is 2.00. The molecule has 2 aromatic rings. The zero-order chi connectivity index (χ0) is 16.1. The second-order valence-electron chi connectivity index (χ2n) is 5.52. The summed E-state index contributed by atoms with van der Waals surface area (Å²) in [5, 5.41) is 3.50. The van der Waals surface area contributed by atoms with Gasteiger partial charge >= 0.3 is 0 Å². The minimum absolute atomic E-state index is 0.0347. The zero-order valence-electron chi connectivity index (χ0n) is 13.0. The number of ether oxygens (including phenoxy) is 1. The van der Waals surface area contributed by atoms with Crippen LogP contribution in [0.15, 0.2) is 42.5 Å². The van der Waals surface area contributed by atoms with E-state index in [1.54, 1.807) is 12.1 Å². The van der Waals surface area contributed by atoms with E-state index >= 15 is 0 Å². The van der Waals surface area contributed by atoms with Crippen LogP contribution in [0.25, 0.3) is 0 Å². The minimum atomic E-state index is -0.190. The van der Waals surface area contributed by atoms with Gasteiger partial charge in [0, 0.05) is 10.7 Å². The van der Waals surface area contributed by atoms with Crippen molar-refractivity contribution < 1.29 is 9.53 Å². The van der Waals surface area contributed by atoms with Gasteiger partial charge in [-0.1, -0.05) is 37.6 Å². The molecule has 2 aromatic carbocycles. The number of nitrogens with one attached hydrogen (secondary N) is 1. The van der Waals surface area contributed by atoms with Crippen LogP contribution in [0.2, 0.25) is 5.02 Å². The highest BCUT2D eigenvalue weighted by atomic mass is 35.5. The molecular weight excluding hydrogens is 298 g/mol. The Morgan fingerprint density at radius 2 is 1.86 bits per heavy atom. The molecule has 0 unspecified atom stereocenters. The largest absolute Gasteiger partial charge is 0.484 e. The van der Waals surface area contributed by atoms with Gasteiger partial charge in [0.2, 0.25) is 0 Å². The molecule has 1 N–H and O–H groups in total. The molecule has 116 valence electrons. The maximum Gasteiger partial charge on any atom is 0.262 e. The Bertz CT molecular complexity index is 651. The van der Waals surface area contributed by atoms with Crippen molar-refractivity contribution in [2.24, 2.45) is 0 Å². The molecule has 4 heteroatoms. The molecule has 0 aromatic heterocycles. The molecule has 0 saturated carbocycles. The monoisotopic (exact) mass is 317 g/mol. The topological polar surface area (TPSA) is 38.3 Å². The molecule has 0 fully saturated rings. The van der Waals surface area contributed by atoms with Crippen molar-refractivity contribution in [3.05, 3.63) is 58.6 Å². The number of rotatable bonds is 5. The maximum atomic E-state index is 11.9. The van der Waals surface area contributed by atoms with E-state index in [0.717, 1.165) is 11.3 Å². The maximum absolute atomic E-state index is 11.9. The molecule has 0 aliphatic rings. The minimum Gasteiger partial charge on any atom is -0.484 e. The van der Waals surface area contributed by atoms with Crippen molar-refractivity contribution in [3.63, 3.8) is 0 Å². The molecule has 0 saturated heterocycles. The van der Waals surface area contributed by atoms with Crippen LogP contribution in [0.3, 0.4) is 0 Å². The molecule has 3 nitrogen and oxygen atoms in total. The average molecular weight is 318 g/mol. The summed E-state index contributed by atoms with van der Waals surface area (Å²) in [6.07, 6.45) is 0. The van der Waals surface area contributed by atoms with E-state index in [1.807, 2.05) is 37.3 Å². The van der Waals surface area contributed by atoms with E-state index < -0.39 is 0 Å². The van der Waals surface area contributed by atoms with Crippen LogP contribution in [-0.2, 0) is 4.79 Å². The number of benzene rings is 2. The van der Waals surface area contributed by atoms with Gasteiger partial charge in [-0.2, -0.15) is 0 Å². The van der Waals surface area contributed by atoms with Gasteiger partial charge in [-0.25, -0.2) is 0 Å². The number of halogens is 1. The van der Waals surface area contributed by atoms with E-state index in [0.29, 0.717) is 16.7 Å². The molecule has 0 aliphatic carbocycles. The Hall–Kier alpha value is -2.00. The summed E-state index contributed by atoms with van der Waals surface area (Å²) in [4.78, 5) is 11.9. The summed E-state index contributed by atoms with van der Waals surface area (Å²) in [5.74, 6) is 0.915. The quantitative estimate of drug-likeness (QED) is 0.861. The first-order valence-electron chi connectivity index (χ1n) is 7.24. The van der Waals surface area contributed by atoms with Gasteiger partial charge in [0.1, 0.15) is 5.75 Å². The van der Waals surface area contributed by atoms with Crippen LogP contribution >= 0.6 is 11.6 Å². The molecule has 0 aliphatic heterocycles. The second-order valence-corrected chi connectivity index (χ2v) is 5.93. The van der Waals surface area contributed by atoms with Gasteiger partial charge in [0.05, 0.1) is 0 Å². The summed E-state index contributed by atoms with van der Waals surface area (Å²) < 4.78 is 5.47. The lowest BCUT2D eigenvalue weighted by molar-refractivity contribution is -0.118. The van der Waals surface area contributed by atoms with Crippen molar-refractivity contribution in [2.75, 3.05) is 11.9 Å². The van der Waals surface area contributed by atoms with Gasteiger partial charge in [-0.15, -0.1) is 0 Å². The summed E-state index contributed by atoms with van der Waals surface area (Å²) >= 11 is 5.95. The molecule has 0 bridgehead atoms. The highest BCUT2D eigenvalue weighted by Crippen LogP contribution is 2.21. The van der Waals surface area contributed by atoms with Crippen molar-refractivity contribution in [3.8, 4) is 5.75 Å². The molecule has 0 atom stereocenters. The van der Waals surface area contributed by atoms with Gasteiger partial charge in [0.15, 0.2) is 6.61 Å². The molecule has 22 heavy (non-hydrogen) atoms. The van der Waals surface area contributed by atoms with E-state index in [2.05, 4.69) is 19.2 Å². The Labute approximate surface area is 136 Å². The van der Waals surface area contributed by atoms with Crippen LogP contribution in [-0.4, -0.2) is 12.5 Å². The first-order chi connectivity index (χ1) is 10.5. The molecule has 0 heterocycles. The SMILES string of the molecule is Cc1cc(OCC(=O)Nc2ccc(C(C)C)cc2)ccc1Cl. The van der Waals surface area contributed by atoms with Crippen molar-refractivity contribution in [2.45, 2.75) is 26.7 Å². The zero-order valence-corrected chi connectivity index (χ0v) is 13.8. The van der Waals surface area contributed by atoms with E-state index in [-0.39, 0.29) is 12.5 Å². The van der Waals surface area contributed by atoms with Gasteiger partial charge in [-0.05, 0) is 54.3 Å². The fourth-order valence-corrected chi connectivity index (χ4v) is 2.12. The molecule has 1 amide bonds. The summed E-state index contributed by atoms with van der Waals surface area (Å²) in [6.45, 7) is 6.13. The third-order valence-electron chi connectivity index (χ3n) is 3.36. The highest BCUT2D eigenvalue weighted by molar-refractivity contribution is 6.31. The van der Waals surface area contributed by atoms with Crippen molar-refractivity contribution >= 4 is 23.2 Å². The molecule has 0 radical (unpaired) electrons. The lowest BCUT2D eigenvalue weighted by Crippen LogP contribution is -2.20. The standard InChI is InChI=1S/C18H20ClNO2/c1-12(2)14-4-6-15(7-5-14)20-18(21)11-22-16-8-9-17(19)13(3)10-16/h4-10,12H,11H2,1-3H3,(H,20,21). The van der Waals surface area contributed by atoms with E-state index in [9.17, 15) is 4.79 Å². The molecule has 0 spiro atoms. The summed E-state index contributed by atoms with van der Waals surface area (Å²) in [5.41, 5.74) is 2.93. The Kier molecular flexibility index (Phi) is 5.45. The van der Waals surface area contributed by atoms with Crippen LogP contribution in [0.5, 0.6) is 5.75 Å². The Balaban J connectivity index is 1.88. The van der Waals surface area contributed by atoms with Crippen LogP contribution < -0.4 is 10.1 Å². The number of aryl methyl sites for hydroxylation is 1. The third-order valence-corrected chi connectivity index (χ3v) is 3.78. The van der Waals surface area contributed by atoms with E-state index in [1.165, 1.54) is 5.56 Å². The molecule has 2 rings (SSSR count). The fraction of sp³-hybridized carbons (Fsp3) is 0.278. The van der Waals surface area contributed by atoms with Crippen LogP contribution in [0.1, 0.15) is 30.9 Å². The smallest absolute Gasteiger partial charge is 0.262 e. The first kappa shape index (κ1) is 16.4. The third kappa shape index (κ3) is 4.50. The average Bonchev–Trinajstić information content (AvgIpc) is 2.49. The summed E-state index contributed by atoms with van der Waals surface area (Å²) in [7, 11) is 0. The van der Waals surface area contributed by atoms with Gasteiger partial charge in [0.25, 0.3) is 5.91 Å². The predicted molar refractivity (Wildman–Crippen MR) is 90.8 cm³/mol. The normalized spacial score (nSPS) is 10.6. The van der Waals surface area contributed by atoms with Gasteiger partial charge in [-0.3, -0.25) is 4.79 Å². The van der Waals surface area contributed by atoms with Gasteiger partial charge < -0.3 is 10.1 Å². The first-order valence-corrected chi connectivity index (χ1v) is 7.62.